The van der Waals surface area contributed by atoms with E-state index >= 15 is 0 Å². The molecule has 1 aliphatic rings. The summed E-state index contributed by atoms with van der Waals surface area (Å²) in [6.45, 7) is 5.87. The Kier molecular flexibility index (Phi) is 3.77. The van der Waals surface area contributed by atoms with Crippen LogP contribution in [-0.4, -0.2) is 22.8 Å². The summed E-state index contributed by atoms with van der Waals surface area (Å²) in [5.74, 6) is 1.35. The van der Waals surface area contributed by atoms with E-state index in [0.717, 1.165) is 6.54 Å². The van der Waals surface area contributed by atoms with Crippen molar-refractivity contribution in [3.05, 3.63) is 5.89 Å². The van der Waals surface area contributed by atoms with E-state index in [0.29, 0.717) is 30.4 Å². The van der Waals surface area contributed by atoms with Crippen LogP contribution in [0.5, 0.6) is 0 Å². The number of aromatic nitrogens is 2. The van der Waals surface area contributed by atoms with Gasteiger partial charge in [0.25, 0.3) is 0 Å². The summed E-state index contributed by atoms with van der Waals surface area (Å²) >= 11 is 0. The Balaban J connectivity index is 1.87. The summed E-state index contributed by atoms with van der Waals surface area (Å²) in [5.41, 5.74) is 0. The maximum atomic E-state index is 5.50. The second-order valence-corrected chi connectivity index (χ2v) is 4.44. The summed E-state index contributed by atoms with van der Waals surface area (Å²) in [6, 6.07) is 1.05. The minimum Gasteiger partial charge on any atom is -0.407 e. The Hall–Kier alpha value is -1.10. The van der Waals surface area contributed by atoms with E-state index < -0.39 is 0 Å². The molecule has 16 heavy (non-hydrogen) atoms. The molecule has 0 bridgehead atoms. The van der Waals surface area contributed by atoms with Crippen LogP contribution >= 0.6 is 0 Å². The molecule has 1 aromatic heterocycles. The minimum absolute atomic E-state index is 0.493. The van der Waals surface area contributed by atoms with Crippen LogP contribution in [0.2, 0.25) is 0 Å². The molecule has 0 radical (unpaired) electrons. The van der Waals surface area contributed by atoms with E-state index in [2.05, 4.69) is 34.7 Å². The first-order valence-electron chi connectivity index (χ1n) is 6.09. The average molecular weight is 224 g/mol. The molecular formula is C11H20N4O. The highest BCUT2D eigenvalue weighted by Gasteiger charge is 2.24. The van der Waals surface area contributed by atoms with Crippen LogP contribution in [0.1, 0.15) is 39.0 Å². The molecular weight excluding hydrogens is 204 g/mol. The molecule has 1 fully saturated rings. The van der Waals surface area contributed by atoms with E-state index in [-0.39, 0.29) is 0 Å². The number of hydrogen-bond acceptors (Lipinski definition) is 5. The van der Waals surface area contributed by atoms with Gasteiger partial charge in [-0.05, 0) is 25.3 Å². The lowest BCUT2D eigenvalue weighted by atomic mass is 10.1. The van der Waals surface area contributed by atoms with E-state index in [9.17, 15) is 0 Å². The Bertz CT molecular complexity index is 326. The lowest BCUT2D eigenvalue weighted by molar-refractivity contribution is 0.466. The predicted octanol–water partition coefficient (Wildman–Crippen LogP) is 1.78. The van der Waals surface area contributed by atoms with E-state index in [1.54, 1.807) is 0 Å². The molecule has 0 aliphatic heterocycles. The average Bonchev–Trinajstić information content (AvgIpc) is 2.87. The number of hydrogen-bond donors (Lipinski definition) is 2. The van der Waals surface area contributed by atoms with Gasteiger partial charge in [0.1, 0.15) is 0 Å². The molecule has 0 saturated heterocycles. The van der Waals surface area contributed by atoms with Crippen LogP contribution < -0.4 is 10.6 Å². The minimum atomic E-state index is 0.493. The predicted molar refractivity (Wildman–Crippen MR) is 62.1 cm³/mol. The largest absolute Gasteiger partial charge is 0.407 e. The standard InChI is InChI=1S/C11H20N4O/c1-3-12-7-10-14-15-11(16-10)13-9-6-4-5-8(9)2/h8-9,12H,3-7H2,1-2H3,(H,13,15). The van der Waals surface area contributed by atoms with Crippen molar-refractivity contribution in [2.75, 3.05) is 11.9 Å². The van der Waals surface area contributed by atoms with Crippen LogP contribution in [0.15, 0.2) is 4.42 Å². The van der Waals surface area contributed by atoms with Gasteiger partial charge in [-0.3, -0.25) is 0 Å². The van der Waals surface area contributed by atoms with Crippen molar-refractivity contribution in [1.29, 1.82) is 0 Å². The van der Waals surface area contributed by atoms with Gasteiger partial charge in [0.2, 0.25) is 5.89 Å². The highest BCUT2D eigenvalue weighted by molar-refractivity contribution is 5.20. The first-order valence-corrected chi connectivity index (χ1v) is 6.09. The molecule has 1 heterocycles. The van der Waals surface area contributed by atoms with Crippen molar-refractivity contribution >= 4 is 6.01 Å². The first kappa shape index (κ1) is 11.4. The van der Waals surface area contributed by atoms with Crippen LogP contribution in [0.25, 0.3) is 0 Å². The molecule has 0 spiro atoms. The molecule has 5 heteroatoms. The van der Waals surface area contributed by atoms with Crippen LogP contribution in [0.3, 0.4) is 0 Å². The second-order valence-electron chi connectivity index (χ2n) is 4.44. The molecule has 1 aromatic rings. The fraction of sp³-hybridized carbons (Fsp3) is 0.818. The van der Waals surface area contributed by atoms with Gasteiger partial charge < -0.3 is 15.1 Å². The number of nitrogens with one attached hydrogen (secondary N) is 2. The molecule has 2 atom stereocenters. The smallest absolute Gasteiger partial charge is 0.315 e. The van der Waals surface area contributed by atoms with Crippen LogP contribution in [0, 0.1) is 5.92 Å². The van der Waals surface area contributed by atoms with E-state index in [1.807, 2.05) is 0 Å². The summed E-state index contributed by atoms with van der Waals surface area (Å²) in [5, 5.41) is 14.5. The summed E-state index contributed by atoms with van der Waals surface area (Å²) in [4.78, 5) is 0. The normalized spacial score (nSPS) is 24.9. The molecule has 90 valence electrons. The van der Waals surface area contributed by atoms with Gasteiger partial charge in [-0.25, -0.2) is 0 Å². The quantitative estimate of drug-likeness (QED) is 0.798. The number of rotatable bonds is 5. The second kappa shape index (κ2) is 5.30. The third kappa shape index (κ3) is 2.72. The van der Waals surface area contributed by atoms with Gasteiger partial charge in [-0.1, -0.05) is 25.4 Å². The molecule has 2 N–H and O–H groups in total. The fourth-order valence-corrected chi connectivity index (χ4v) is 2.13. The maximum Gasteiger partial charge on any atom is 0.315 e. The van der Waals surface area contributed by atoms with Crippen molar-refractivity contribution in [2.24, 2.45) is 5.92 Å². The SMILES string of the molecule is CCNCc1nnc(NC2CCCC2C)o1. The zero-order chi connectivity index (χ0) is 11.4. The topological polar surface area (TPSA) is 63.0 Å². The van der Waals surface area contributed by atoms with E-state index in [1.165, 1.54) is 19.3 Å². The zero-order valence-corrected chi connectivity index (χ0v) is 9.99. The number of anilines is 1. The fourth-order valence-electron chi connectivity index (χ4n) is 2.13. The first-order chi connectivity index (χ1) is 7.79. The van der Waals surface area contributed by atoms with Gasteiger partial charge in [-0.15, -0.1) is 5.10 Å². The van der Waals surface area contributed by atoms with Gasteiger partial charge >= 0.3 is 6.01 Å². The van der Waals surface area contributed by atoms with Gasteiger partial charge in [0.15, 0.2) is 0 Å². The molecule has 2 rings (SSSR count). The lowest BCUT2D eigenvalue weighted by Gasteiger charge is -2.14. The van der Waals surface area contributed by atoms with Crippen LogP contribution in [0.4, 0.5) is 6.01 Å². The maximum absolute atomic E-state index is 5.50. The van der Waals surface area contributed by atoms with E-state index in [4.69, 9.17) is 4.42 Å². The van der Waals surface area contributed by atoms with Crippen molar-refractivity contribution < 1.29 is 4.42 Å². The molecule has 5 nitrogen and oxygen atoms in total. The third-order valence-electron chi connectivity index (χ3n) is 3.16. The molecule has 2 unspecified atom stereocenters. The number of nitrogens with zero attached hydrogens (tertiary/aromatic N) is 2. The summed E-state index contributed by atoms with van der Waals surface area (Å²) in [6.07, 6.45) is 3.78. The van der Waals surface area contributed by atoms with Gasteiger partial charge in [-0.2, -0.15) is 0 Å². The zero-order valence-electron chi connectivity index (χ0n) is 9.99. The highest BCUT2D eigenvalue weighted by Crippen LogP contribution is 2.27. The van der Waals surface area contributed by atoms with Crippen molar-refractivity contribution in [1.82, 2.24) is 15.5 Å². The lowest BCUT2D eigenvalue weighted by Crippen LogP contribution is -2.21. The Labute approximate surface area is 96.0 Å². The van der Waals surface area contributed by atoms with Crippen LogP contribution in [-0.2, 0) is 6.54 Å². The van der Waals surface area contributed by atoms with Crippen molar-refractivity contribution in [3.63, 3.8) is 0 Å². The van der Waals surface area contributed by atoms with Crippen molar-refractivity contribution in [2.45, 2.75) is 45.7 Å². The van der Waals surface area contributed by atoms with Gasteiger partial charge in [0, 0.05) is 6.04 Å². The summed E-state index contributed by atoms with van der Waals surface area (Å²) < 4.78 is 5.50. The molecule has 0 aromatic carbocycles. The van der Waals surface area contributed by atoms with Crippen molar-refractivity contribution in [3.8, 4) is 0 Å². The molecule has 1 aliphatic carbocycles. The highest BCUT2D eigenvalue weighted by atomic mass is 16.4. The monoisotopic (exact) mass is 224 g/mol. The van der Waals surface area contributed by atoms with Gasteiger partial charge in [0.05, 0.1) is 6.54 Å². The third-order valence-corrected chi connectivity index (χ3v) is 3.16. The summed E-state index contributed by atoms with van der Waals surface area (Å²) in [7, 11) is 0. The molecule has 0 amide bonds. The Morgan fingerprint density at radius 2 is 2.25 bits per heavy atom. The Morgan fingerprint density at radius 1 is 1.38 bits per heavy atom. The Morgan fingerprint density at radius 3 is 2.94 bits per heavy atom. The molecule has 1 saturated carbocycles.